The maximum atomic E-state index is 13.2. The predicted molar refractivity (Wildman–Crippen MR) is 99.4 cm³/mol. The van der Waals surface area contributed by atoms with E-state index in [2.05, 4.69) is 5.16 Å². The van der Waals surface area contributed by atoms with E-state index < -0.39 is 5.60 Å². The number of imide groups is 1. The molecule has 2 heterocycles. The molecule has 5 nitrogen and oxygen atoms in total. The summed E-state index contributed by atoms with van der Waals surface area (Å²) in [6, 6.07) is 12.9. The Bertz CT molecular complexity index is 932. The Morgan fingerprint density at radius 3 is 2.35 bits per heavy atom. The largest absolute Gasteiger partial charge is 0.378 e. The van der Waals surface area contributed by atoms with Crippen molar-refractivity contribution in [3.05, 3.63) is 64.2 Å². The number of aryl methyl sites for hydroxylation is 2. The van der Waals surface area contributed by atoms with Crippen LogP contribution in [0.5, 0.6) is 0 Å². The summed E-state index contributed by atoms with van der Waals surface area (Å²) in [5.41, 5.74) is 2.62. The van der Waals surface area contributed by atoms with Gasteiger partial charge in [0.2, 0.25) is 11.5 Å². The molecule has 2 aromatic carbocycles. The Hall–Kier alpha value is -2.66. The van der Waals surface area contributed by atoms with E-state index in [1.54, 1.807) is 12.1 Å². The number of hydrogen-bond acceptors (Lipinski definition) is 4. The number of rotatable bonds is 2. The first-order valence-electron chi connectivity index (χ1n) is 8.36. The molecule has 2 amide bonds. The van der Waals surface area contributed by atoms with Crippen LogP contribution in [0.3, 0.4) is 0 Å². The number of carbonyl (C=O) groups is 2. The van der Waals surface area contributed by atoms with Gasteiger partial charge in [-0.2, -0.15) is 0 Å². The standard InChI is InChI=1S/C20H17ClN2O3/c1-12-4-3-5-13(2)18(12)23-17(24)11-20(19(23)25)10-16(22-26-20)14-6-8-15(21)9-7-14/h3-9H,10-11H2,1-2H3/t20-/m0/s1. The average Bonchev–Trinajstić information content (AvgIpc) is 3.12. The summed E-state index contributed by atoms with van der Waals surface area (Å²) in [5, 5.41) is 4.72. The van der Waals surface area contributed by atoms with Gasteiger partial charge in [-0.1, -0.05) is 47.1 Å². The molecular formula is C20H17ClN2O3. The van der Waals surface area contributed by atoms with E-state index >= 15 is 0 Å². The molecule has 1 spiro atoms. The first-order chi connectivity index (χ1) is 12.4. The van der Waals surface area contributed by atoms with Crippen molar-refractivity contribution in [1.82, 2.24) is 0 Å². The zero-order valence-corrected chi connectivity index (χ0v) is 15.2. The summed E-state index contributed by atoms with van der Waals surface area (Å²) >= 11 is 5.92. The lowest BCUT2D eigenvalue weighted by Crippen LogP contribution is -2.41. The van der Waals surface area contributed by atoms with E-state index in [4.69, 9.17) is 16.4 Å². The molecule has 1 fully saturated rings. The monoisotopic (exact) mass is 368 g/mol. The minimum atomic E-state index is -1.25. The van der Waals surface area contributed by atoms with Crippen molar-refractivity contribution < 1.29 is 14.4 Å². The van der Waals surface area contributed by atoms with Crippen LogP contribution in [0.1, 0.15) is 29.5 Å². The van der Waals surface area contributed by atoms with Crippen molar-refractivity contribution in [1.29, 1.82) is 0 Å². The molecule has 0 bridgehead atoms. The summed E-state index contributed by atoms with van der Waals surface area (Å²) in [7, 11) is 0. The van der Waals surface area contributed by atoms with Crippen LogP contribution in [0, 0.1) is 13.8 Å². The average molecular weight is 369 g/mol. The third-order valence-corrected chi connectivity index (χ3v) is 5.16. The van der Waals surface area contributed by atoms with Crippen molar-refractivity contribution in [3.8, 4) is 0 Å². The molecule has 0 radical (unpaired) electrons. The highest BCUT2D eigenvalue weighted by molar-refractivity contribution is 6.30. The zero-order chi connectivity index (χ0) is 18.5. The molecule has 2 aliphatic heterocycles. The fraction of sp³-hybridized carbons (Fsp3) is 0.250. The van der Waals surface area contributed by atoms with Crippen molar-refractivity contribution >= 4 is 34.8 Å². The lowest BCUT2D eigenvalue weighted by atomic mass is 9.92. The number of anilines is 1. The molecule has 132 valence electrons. The minimum absolute atomic E-state index is 0.0137. The first-order valence-corrected chi connectivity index (χ1v) is 8.74. The number of benzene rings is 2. The molecule has 1 saturated heterocycles. The van der Waals surface area contributed by atoms with Crippen LogP contribution in [-0.4, -0.2) is 23.1 Å². The molecular weight excluding hydrogens is 352 g/mol. The van der Waals surface area contributed by atoms with E-state index in [0.717, 1.165) is 16.7 Å². The summed E-state index contributed by atoms with van der Waals surface area (Å²) in [4.78, 5) is 32.7. The van der Waals surface area contributed by atoms with Crippen LogP contribution in [0.15, 0.2) is 47.6 Å². The SMILES string of the molecule is Cc1cccc(C)c1N1C(=O)C[C@@]2(CC(c3ccc(Cl)cc3)=NO2)C1=O. The van der Waals surface area contributed by atoms with Crippen LogP contribution in [0.4, 0.5) is 5.69 Å². The summed E-state index contributed by atoms with van der Waals surface area (Å²) < 4.78 is 0. The van der Waals surface area contributed by atoms with Gasteiger partial charge in [0.05, 0.1) is 17.8 Å². The van der Waals surface area contributed by atoms with Crippen molar-refractivity contribution in [2.24, 2.45) is 5.16 Å². The molecule has 26 heavy (non-hydrogen) atoms. The first kappa shape index (κ1) is 16.8. The number of para-hydroxylation sites is 1. The number of hydrogen-bond donors (Lipinski definition) is 0. The maximum Gasteiger partial charge on any atom is 0.281 e. The van der Waals surface area contributed by atoms with Gasteiger partial charge < -0.3 is 4.84 Å². The number of nitrogens with zero attached hydrogens (tertiary/aromatic N) is 2. The third kappa shape index (κ3) is 2.51. The lowest BCUT2D eigenvalue weighted by molar-refractivity contribution is -0.136. The Morgan fingerprint density at radius 2 is 1.69 bits per heavy atom. The molecule has 1 atom stereocenters. The van der Waals surface area contributed by atoms with Gasteiger partial charge in [-0.05, 0) is 42.7 Å². The highest BCUT2D eigenvalue weighted by atomic mass is 35.5. The number of halogens is 1. The van der Waals surface area contributed by atoms with Gasteiger partial charge in [0.1, 0.15) is 0 Å². The lowest BCUT2D eigenvalue weighted by Gasteiger charge is -2.22. The number of carbonyl (C=O) groups excluding carboxylic acids is 2. The molecule has 2 aliphatic rings. The second-order valence-corrected chi connectivity index (χ2v) is 7.20. The van der Waals surface area contributed by atoms with Crippen LogP contribution in [-0.2, 0) is 14.4 Å². The minimum Gasteiger partial charge on any atom is -0.378 e. The molecule has 0 saturated carbocycles. The highest BCUT2D eigenvalue weighted by Crippen LogP contribution is 2.41. The van der Waals surface area contributed by atoms with Crippen molar-refractivity contribution in [2.45, 2.75) is 32.3 Å². The summed E-state index contributed by atoms with van der Waals surface area (Å²) in [6.07, 6.45) is 0.251. The Labute approximate surface area is 156 Å². The van der Waals surface area contributed by atoms with Gasteiger partial charge in [-0.3, -0.25) is 9.59 Å². The highest BCUT2D eigenvalue weighted by Gasteiger charge is 2.58. The predicted octanol–water partition coefficient (Wildman–Crippen LogP) is 3.78. The molecule has 0 aliphatic carbocycles. The van der Waals surface area contributed by atoms with Crippen molar-refractivity contribution in [2.75, 3.05) is 4.90 Å². The summed E-state index contributed by atoms with van der Waals surface area (Å²) in [5.74, 6) is -0.618. The van der Waals surface area contributed by atoms with Crippen LogP contribution in [0.2, 0.25) is 5.02 Å². The zero-order valence-electron chi connectivity index (χ0n) is 14.5. The maximum absolute atomic E-state index is 13.2. The molecule has 0 N–H and O–H groups in total. The van der Waals surface area contributed by atoms with E-state index in [-0.39, 0.29) is 24.7 Å². The molecule has 0 aromatic heterocycles. The third-order valence-electron chi connectivity index (χ3n) is 4.90. The van der Waals surface area contributed by atoms with Gasteiger partial charge in [0, 0.05) is 11.4 Å². The van der Waals surface area contributed by atoms with E-state index in [0.29, 0.717) is 16.4 Å². The van der Waals surface area contributed by atoms with Crippen LogP contribution in [0.25, 0.3) is 0 Å². The molecule has 0 unspecified atom stereocenters. The fourth-order valence-electron chi connectivity index (χ4n) is 3.58. The Morgan fingerprint density at radius 1 is 1.04 bits per heavy atom. The fourth-order valence-corrected chi connectivity index (χ4v) is 3.71. The van der Waals surface area contributed by atoms with E-state index in [1.165, 1.54) is 4.90 Å². The number of amides is 2. The molecule has 4 rings (SSSR count). The van der Waals surface area contributed by atoms with Crippen LogP contribution >= 0.6 is 11.6 Å². The second-order valence-electron chi connectivity index (χ2n) is 6.76. The van der Waals surface area contributed by atoms with Gasteiger partial charge >= 0.3 is 0 Å². The van der Waals surface area contributed by atoms with Crippen LogP contribution < -0.4 is 4.90 Å². The van der Waals surface area contributed by atoms with Crippen molar-refractivity contribution in [3.63, 3.8) is 0 Å². The smallest absolute Gasteiger partial charge is 0.281 e. The van der Waals surface area contributed by atoms with E-state index in [9.17, 15) is 9.59 Å². The topological polar surface area (TPSA) is 59.0 Å². The Balaban J connectivity index is 1.65. The second kappa shape index (κ2) is 5.95. The summed E-state index contributed by atoms with van der Waals surface area (Å²) in [6.45, 7) is 3.78. The van der Waals surface area contributed by atoms with Gasteiger partial charge in [-0.25, -0.2) is 4.90 Å². The Kier molecular flexibility index (Phi) is 3.84. The normalized spacial score (nSPS) is 22.1. The molecule has 2 aromatic rings. The van der Waals surface area contributed by atoms with E-state index in [1.807, 2.05) is 44.2 Å². The number of oxime groups is 1. The van der Waals surface area contributed by atoms with Gasteiger partial charge in [0.15, 0.2) is 0 Å². The van der Waals surface area contributed by atoms with Gasteiger partial charge in [-0.15, -0.1) is 0 Å². The molecule has 6 heteroatoms. The quantitative estimate of drug-likeness (QED) is 0.758. The van der Waals surface area contributed by atoms with Gasteiger partial charge in [0.25, 0.3) is 5.91 Å².